The zero-order valence-electron chi connectivity index (χ0n) is 12.5. The van der Waals surface area contributed by atoms with Gasteiger partial charge in [0, 0.05) is 24.0 Å². The molecule has 0 bridgehead atoms. The molecule has 2 aromatic rings. The Bertz CT molecular complexity index is 700. The van der Waals surface area contributed by atoms with Crippen LogP contribution < -0.4 is 20.7 Å². The quantitative estimate of drug-likeness (QED) is 0.850. The zero-order valence-corrected chi connectivity index (χ0v) is 12.5. The number of nitrogens with zero attached hydrogens (tertiary/aromatic N) is 1. The molecule has 0 atom stereocenters. The summed E-state index contributed by atoms with van der Waals surface area (Å²) in [5.41, 5.74) is 9.38. The van der Waals surface area contributed by atoms with Gasteiger partial charge < -0.3 is 20.7 Å². The van der Waals surface area contributed by atoms with Crippen molar-refractivity contribution in [2.24, 2.45) is 0 Å². The first-order chi connectivity index (χ1) is 10.7. The first kappa shape index (κ1) is 14.3. The van der Waals surface area contributed by atoms with Gasteiger partial charge in [-0.3, -0.25) is 4.79 Å². The van der Waals surface area contributed by atoms with Crippen LogP contribution in [0, 0.1) is 0 Å². The van der Waals surface area contributed by atoms with E-state index in [0.717, 1.165) is 18.7 Å². The van der Waals surface area contributed by atoms with Crippen molar-refractivity contribution < 1.29 is 9.53 Å². The van der Waals surface area contributed by atoms with E-state index in [1.807, 2.05) is 12.1 Å². The minimum Gasteiger partial charge on any atom is -0.494 e. The number of ether oxygens (including phenoxy) is 1. The van der Waals surface area contributed by atoms with Gasteiger partial charge in [-0.2, -0.15) is 0 Å². The second kappa shape index (κ2) is 5.97. The van der Waals surface area contributed by atoms with Crippen LogP contribution >= 0.6 is 0 Å². The Hall–Kier alpha value is -2.69. The highest BCUT2D eigenvalue weighted by atomic mass is 16.5. The third-order valence-corrected chi connectivity index (χ3v) is 3.82. The Balaban J connectivity index is 1.69. The molecule has 0 radical (unpaired) electrons. The van der Waals surface area contributed by atoms with E-state index in [9.17, 15) is 4.79 Å². The van der Waals surface area contributed by atoms with E-state index >= 15 is 0 Å². The van der Waals surface area contributed by atoms with Crippen molar-refractivity contribution in [3.8, 4) is 5.75 Å². The lowest BCUT2D eigenvalue weighted by atomic mass is 10.2. The Morgan fingerprint density at radius 1 is 1.32 bits per heavy atom. The highest BCUT2D eigenvalue weighted by molar-refractivity contribution is 5.96. The summed E-state index contributed by atoms with van der Waals surface area (Å²) in [6.07, 6.45) is 0.981. The third-order valence-electron chi connectivity index (χ3n) is 3.82. The summed E-state index contributed by atoms with van der Waals surface area (Å²) in [7, 11) is 1.56. The highest BCUT2D eigenvalue weighted by Crippen LogP contribution is 2.28. The average Bonchev–Trinajstić information content (AvgIpc) is 2.92. The van der Waals surface area contributed by atoms with Crippen LogP contribution in [0.2, 0.25) is 0 Å². The Morgan fingerprint density at radius 2 is 2.14 bits per heavy atom. The predicted octanol–water partition coefficient (Wildman–Crippen LogP) is 2.28. The predicted molar refractivity (Wildman–Crippen MR) is 88.4 cm³/mol. The Labute approximate surface area is 129 Å². The molecule has 3 N–H and O–H groups in total. The second-order valence-corrected chi connectivity index (χ2v) is 5.31. The number of nitrogens with one attached hydrogen (secondary N) is 1. The summed E-state index contributed by atoms with van der Waals surface area (Å²) in [6.45, 7) is 1.19. The summed E-state index contributed by atoms with van der Waals surface area (Å²) in [5.74, 6) is 0.495. The summed E-state index contributed by atoms with van der Waals surface area (Å²) < 4.78 is 5.24. The number of nitrogens with two attached hydrogens (primary N) is 1. The number of hydrogen-bond acceptors (Lipinski definition) is 4. The van der Waals surface area contributed by atoms with Crippen LogP contribution in [0.15, 0.2) is 42.5 Å². The second-order valence-electron chi connectivity index (χ2n) is 5.31. The van der Waals surface area contributed by atoms with Gasteiger partial charge in [0.2, 0.25) is 5.91 Å². The molecule has 1 aliphatic rings. The third kappa shape index (κ3) is 2.83. The number of anilines is 3. The van der Waals surface area contributed by atoms with E-state index in [2.05, 4.69) is 22.3 Å². The maximum absolute atomic E-state index is 12.3. The standard InChI is InChI=1S/C17H19N3O2/c1-22-16-10-13(18)6-7-14(16)19-17(21)11-20-9-8-12-4-2-3-5-15(12)20/h2-7,10H,8-9,11,18H2,1H3,(H,19,21). The van der Waals surface area contributed by atoms with Gasteiger partial charge in [0.15, 0.2) is 0 Å². The van der Waals surface area contributed by atoms with Crippen LogP contribution in [0.4, 0.5) is 17.1 Å². The molecule has 5 heteroatoms. The number of para-hydroxylation sites is 1. The molecule has 1 aliphatic heterocycles. The molecule has 3 rings (SSSR count). The minimum atomic E-state index is -0.0697. The molecule has 5 nitrogen and oxygen atoms in total. The van der Waals surface area contributed by atoms with Crippen molar-refractivity contribution in [2.75, 3.05) is 36.1 Å². The monoisotopic (exact) mass is 297 g/mol. The first-order valence-corrected chi connectivity index (χ1v) is 7.23. The molecule has 0 unspecified atom stereocenters. The number of benzene rings is 2. The van der Waals surface area contributed by atoms with Gasteiger partial charge >= 0.3 is 0 Å². The van der Waals surface area contributed by atoms with Crippen LogP contribution in [0.25, 0.3) is 0 Å². The molecule has 0 saturated carbocycles. The lowest BCUT2D eigenvalue weighted by Gasteiger charge is -2.19. The molecule has 1 amide bonds. The summed E-state index contributed by atoms with van der Waals surface area (Å²) in [5, 5.41) is 2.89. The smallest absolute Gasteiger partial charge is 0.243 e. The van der Waals surface area contributed by atoms with Crippen LogP contribution in [0.5, 0.6) is 5.75 Å². The number of rotatable bonds is 4. The van der Waals surface area contributed by atoms with Crippen molar-refractivity contribution in [1.82, 2.24) is 0 Å². The van der Waals surface area contributed by atoms with Crippen molar-refractivity contribution in [3.05, 3.63) is 48.0 Å². The van der Waals surface area contributed by atoms with Gasteiger partial charge in [0.05, 0.1) is 19.3 Å². The molecule has 0 aliphatic carbocycles. The number of nitrogen functional groups attached to an aromatic ring is 1. The van der Waals surface area contributed by atoms with E-state index in [0.29, 0.717) is 23.7 Å². The van der Waals surface area contributed by atoms with Gasteiger partial charge in [-0.15, -0.1) is 0 Å². The molecule has 1 heterocycles. The van der Waals surface area contributed by atoms with Gasteiger partial charge in [-0.1, -0.05) is 18.2 Å². The summed E-state index contributed by atoms with van der Waals surface area (Å²) >= 11 is 0. The normalized spacial score (nSPS) is 12.9. The number of hydrogen-bond donors (Lipinski definition) is 2. The Kier molecular flexibility index (Phi) is 3.87. The lowest BCUT2D eigenvalue weighted by molar-refractivity contribution is -0.115. The van der Waals surface area contributed by atoms with Gasteiger partial charge in [-0.05, 0) is 30.2 Å². The number of carbonyl (C=O) groups is 1. The molecule has 2 aromatic carbocycles. The number of amides is 1. The van der Waals surface area contributed by atoms with Crippen molar-refractivity contribution in [3.63, 3.8) is 0 Å². The van der Waals surface area contributed by atoms with E-state index in [1.165, 1.54) is 5.56 Å². The van der Waals surface area contributed by atoms with Crippen molar-refractivity contribution in [2.45, 2.75) is 6.42 Å². The molecular weight excluding hydrogens is 278 g/mol. The topological polar surface area (TPSA) is 67.6 Å². The van der Waals surface area contributed by atoms with Crippen LogP contribution in [-0.2, 0) is 11.2 Å². The summed E-state index contributed by atoms with van der Waals surface area (Å²) in [6, 6.07) is 13.4. The van der Waals surface area contributed by atoms with Crippen LogP contribution in [-0.4, -0.2) is 26.1 Å². The molecule has 0 saturated heterocycles. The number of methoxy groups -OCH3 is 1. The fraction of sp³-hybridized carbons (Fsp3) is 0.235. The molecule has 0 aromatic heterocycles. The maximum atomic E-state index is 12.3. The van der Waals surface area contributed by atoms with Crippen molar-refractivity contribution >= 4 is 23.0 Å². The van der Waals surface area contributed by atoms with Crippen molar-refractivity contribution in [1.29, 1.82) is 0 Å². The fourth-order valence-corrected chi connectivity index (χ4v) is 2.74. The van der Waals surface area contributed by atoms with Gasteiger partial charge in [0.25, 0.3) is 0 Å². The molecule has 114 valence electrons. The highest BCUT2D eigenvalue weighted by Gasteiger charge is 2.20. The van der Waals surface area contributed by atoms with Gasteiger partial charge in [0.1, 0.15) is 5.75 Å². The van der Waals surface area contributed by atoms with E-state index in [-0.39, 0.29) is 5.91 Å². The summed E-state index contributed by atoms with van der Waals surface area (Å²) in [4.78, 5) is 14.4. The number of fused-ring (bicyclic) bond motifs is 1. The lowest BCUT2D eigenvalue weighted by Crippen LogP contribution is -2.31. The van der Waals surface area contributed by atoms with E-state index in [4.69, 9.17) is 10.5 Å². The molecule has 0 fully saturated rings. The minimum absolute atomic E-state index is 0.0697. The largest absolute Gasteiger partial charge is 0.494 e. The molecule has 22 heavy (non-hydrogen) atoms. The number of carbonyl (C=O) groups excluding carboxylic acids is 1. The average molecular weight is 297 g/mol. The maximum Gasteiger partial charge on any atom is 0.243 e. The van der Waals surface area contributed by atoms with Gasteiger partial charge in [-0.25, -0.2) is 0 Å². The fourth-order valence-electron chi connectivity index (χ4n) is 2.74. The van der Waals surface area contributed by atoms with Crippen LogP contribution in [0.3, 0.4) is 0 Å². The molecule has 0 spiro atoms. The Morgan fingerprint density at radius 3 is 2.95 bits per heavy atom. The van der Waals surface area contributed by atoms with Crippen LogP contribution in [0.1, 0.15) is 5.56 Å². The first-order valence-electron chi connectivity index (χ1n) is 7.23. The molecular formula is C17H19N3O2. The van der Waals surface area contributed by atoms with E-state index < -0.39 is 0 Å². The van der Waals surface area contributed by atoms with E-state index in [1.54, 1.807) is 25.3 Å². The zero-order chi connectivity index (χ0) is 15.5. The SMILES string of the molecule is COc1cc(N)ccc1NC(=O)CN1CCc2ccccc21.